The first-order valence-electron chi connectivity index (χ1n) is 3.26. The maximum Gasteiger partial charge on any atom is 0.322 e. The molecule has 0 aliphatic heterocycles. The highest BCUT2D eigenvalue weighted by molar-refractivity contribution is 5.92. The zero-order valence-electron chi connectivity index (χ0n) is 6.79. The predicted molar refractivity (Wildman–Crippen MR) is 42.3 cm³/mol. The number of primary amides is 1. The van der Waals surface area contributed by atoms with Crippen molar-refractivity contribution in [2.45, 2.75) is 6.10 Å². The number of hydrogen-bond donors (Lipinski definition) is 3. The molecule has 0 fully saturated rings. The number of nitrogens with one attached hydrogen (secondary N) is 2. The minimum Gasteiger partial charge on any atom is -0.380 e. The topological polar surface area (TPSA) is 93.5 Å². The van der Waals surface area contributed by atoms with E-state index >= 15 is 0 Å². The average molecular weight is 174 g/mol. The maximum absolute atomic E-state index is 10.7. The van der Waals surface area contributed by atoms with Crippen LogP contribution in [-0.2, 0) is 4.74 Å². The van der Waals surface area contributed by atoms with Crippen LogP contribution in [0, 0.1) is 6.92 Å². The lowest BCUT2D eigenvalue weighted by Crippen LogP contribution is -2.44. The Hall–Kier alpha value is -1.30. The second-order valence-corrected chi connectivity index (χ2v) is 2.06. The van der Waals surface area contributed by atoms with E-state index in [4.69, 9.17) is 4.74 Å². The normalized spacial score (nSPS) is 11.8. The predicted octanol–water partition coefficient (Wildman–Crippen LogP) is -0.787. The summed E-state index contributed by atoms with van der Waals surface area (Å²) in [7, 11) is 1.46. The zero-order valence-corrected chi connectivity index (χ0v) is 6.79. The van der Waals surface area contributed by atoms with Crippen LogP contribution in [-0.4, -0.2) is 31.8 Å². The Labute approximate surface area is 70.4 Å². The van der Waals surface area contributed by atoms with E-state index in [0.717, 1.165) is 0 Å². The number of nitrogens with two attached hydrogens (primary N) is 1. The number of carbonyl (C=O) groups is 2. The number of ether oxygens (including phenoxy) is 1. The third-order valence-electron chi connectivity index (χ3n) is 1.06. The van der Waals surface area contributed by atoms with Crippen LogP contribution in [0.15, 0.2) is 0 Å². The number of carbonyl (C=O) groups excluding carboxylic acids is 2. The molecule has 0 spiro atoms. The van der Waals surface area contributed by atoms with Gasteiger partial charge in [0.15, 0.2) is 0 Å². The number of amides is 4. The van der Waals surface area contributed by atoms with Gasteiger partial charge in [0, 0.05) is 13.7 Å². The van der Waals surface area contributed by atoms with Crippen LogP contribution in [0.1, 0.15) is 0 Å². The lowest BCUT2D eigenvalue weighted by Gasteiger charge is -2.09. The molecular weight excluding hydrogens is 162 g/mol. The van der Waals surface area contributed by atoms with Gasteiger partial charge in [0.05, 0.1) is 6.10 Å². The van der Waals surface area contributed by atoms with Crippen molar-refractivity contribution in [3.8, 4) is 0 Å². The Morgan fingerprint density at radius 1 is 1.67 bits per heavy atom. The van der Waals surface area contributed by atoms with Gasteiger partial charge in [0.2, 0.25) is 0 Å². The molecule has 1 unspecified atom stereocenters. The molecular formula is C6H12N3O3. The molecule has 0 saturated carbocycles. The van der Waals surface area contributed by atoms with E-state index in [2.05, 4.69) is 18.0 Å². The van der Waals surface area contributed by atoms with E-state index in [1.807, 2.05) is 5.32 Å². The highest BCUT2D eigenvalue weighted by Gasteiger charge is 2.04. The van der Waals surface area contributed by atoms with Gasteiger partial charge in [0.25, 0.3) is 0 Å². The van der Waals surface area contributed by atoms with Crippen LogP contribution in [0.3, 0.4) is 0 Å². The van der Waals surface area contributed by atoms with E-state index in [-0.39, 0.29) is 12.6 Å². The Morgan fingerprint density at radius 3 is 2.67 bits per heavy atom. The standard InChI is InChI=1S/C6H12N3O3/c1-4(12-2)3-8-6(11)9-5(7)10/h4H,1,3H2,2H3,(H4,7,8,9,10,11). The molecule has 69 valence electrons. The number of methoxy groups -OCH3 is 1. The zero-order chi connectivity index (χ0) is 9.56. The Bertz CT molecular complexity index is 171. The van der Waals surface area contributed by atoms with Gasteiger partial charge in [-0.15, -0.1) is 0 Å². The molecule has 0 aliphatic carbocycles. The highest BCUT2D eigenvalue weighted by Crippen LogP contribution is 1.81. The lowest BCUT2D eigenvalue weighted by molar-refractivity contribution is 0.138. The third kappa shape index (κ3) is 5.48. The summed E-state index contributed by atoms with van der Waals surface area (Å²) in [6.07, 6.45) is -0.344. The van der Waals surface area contributed by atoms with E-state index < -0.39 is 12.1 Å². The van der Waals surface area contributed by atoms with Crippen molar-refractivity contribution in [3.63, 3.8) is 0 Å². The molecule has 0 rings (SSSR count). The fourth-order valence-corrected chi connectivity index (χ4v) is 0.446. The van der Waals surface area contributed by atoms with Gasteiger partial charge in [-0.05, 0) is 6.92 Å². The number of imide groups is 1. The van der Waals surface area contributed by atoms with Crippen molar-refractivity contribution >= 4 is 12.1 Å². The Kier molecular flexibility index (Phi) is 4.78. The molecule has 1 atom stereocenters. The molecule has 6 nitrogen and oxygen atoms in total. The fraction of sp³-hybridized carbons (Fsp3) is 0.500. The second-order valence-electron chi connectivity index (χ2n) is 2.06. The summed E-state index contributed by atoms with van der Waals surface area (Å²) in [5, 5.41) is 4.15. The fourth-order valence-electron chi connectivity index (χ4n) is 0.446. The lowest BCUT2D eigenvalue weighted by atomic mass is 10.4. The van der Waals surface area contributed by atoms with E-state index in [9.17, 15) is 9.59 Å². The first-order chi connectivity index (χ1) is 5.56. The van der Waals surface area contributed by atoms with Gasteiger partial charge in [-0.25, -0.2) is 9.59 Å². The molecule has 12 heavy (non-hydrogen) atoms. The number of hydrogen-bond acceptors (Lipinski definition) is 3. The van der Waals surface area contributed by atoms with Gasteiger partial charge >= 0.3 is 12.1 Å². The summed E-state index contributed by atoms with van der Waals surface area (Å²) in [5.74, 6) is 0. The maximum atomic E-state index is 10.7. The van der Waals surface area contributed by atoms with Crippen LogP contribution < -0.4 is 16.4 Å². The molecule has 0 aliphatic rings. The highest BCUT2D eigenvalue weighted by atomic mass is 16.5. The van der Waals surface area contributed by atoms with Crippen molar-refractivity contribution < 1.29 is 14.3 Å². The van der Waals surface area contributed by atoms with Crippen molar-refractivity contribution in [1.29, 1.82) is 0 Å². The second kappa shape index (κ2) is 5.36. The van der Waals surface area contributed by atoms with Gasteiger partial charge in [0.1, 0.15) is 0 Å². The monoisotopic (exact) mass is 174 g/mol. The van der Waals surface area contributed by atoms with Gasteiger partial charge in [-0.1, -0.05) is 0 Å². The van der Waals surface area contributed by atoms with Crippen LogP contribution in [0.4, 0.5) is 9.59 Å². The molecule has 6 heteroatoms. The largest absolute Gasteiger partial charge is 0.380 e. The Balaban J connectivity index is 3.50. The molecule has 1 radical (unpaired) electrons. The molecule has 0 bridgehead atoms. The molecule has 0 heterocycles. The van der Waals surface area contributed by atoms with Crippen LogP contribution in [0.25, 0.3) is 0 Å². The smallest absolute Gasteiger partial charge is 0.322 e. The van der Waals surface area contributed by atoms with E-state index in [0.29, 0.717) is 0 Å². The SMILES string of the molecule is [CH2]C(CNC(=O)NC(N)=O)OC. The molecule has 4 N–H and O–H groups in total. The minimum atomic E-state index is -0.898. The van der Waals surface area contributed by atoms with E-state index in [1.54, 1.807) is 0 Å². The summed E-state index contributed by atoms with van der Waals surface area (Å²) in [4.78, 5) is 20.8. The van der Waals surface area contributed by atoms with Gasteiger partial charge < -0.3 is 15.8 Å². The summed E-state index contributed by atoms with van der Waals surface area (Å²) in [6.45, 7) is 3.74. The Morgan fingerprint density at radius 2 is 2.25 bits per heavy atom. The first-order valence-corrected chi connectivity index (χ1v) is 3.26. The molecule has 4 amide bonds. The summed E-state index contributed by atoms with van der Waals surface area (Å²) in [5.41, 5.74) is 4.67. The molecule has 0 aromatic rings. The van der Waals surface area contributed by atoms with E-state index in [1.165, 1.54) is 7.11 Å². The van der Waals surface area contributed by atoms with Crippen LogP contribution in [0.5, 0.6) is 0 Å². The number of rotatable bonds is 3. The quantitative estimate of drug-likeness (QED) is 0.523. The molecule has 0 aromatic carbocycles. The van der Waals surface area contributed by atoms with Gasteiger partial charge in [-0.2, -0.15) is 0 Å². The van der Waals surface area contributed by atoms with Crippen molar-refractivity contribution in [3.05, 3.63) is 6.92 Å². The third-order valence-corrected chi connectivity index (χ3v) is 1.06. The van der Waals surface area contributed by atoms with Crippen molar-refractivity contribution in [2.24, 2.45) is 5.73 Å². The number of urea groups is 2. The van der Waals surface area contributed by atoms with Gasteiger partial charge in [-0.3, -0.25) is 5.32 Å². The van der Waals surface area contributed by atoms with Crippen LogP contribution >= 0.6 is 0 Å². The molecule has 0 saturated heterocycles. The van der Waals surface area contributed by atoms with Crippen molar-refractivity contribution in [1.82, 2.24) is 10.6 Å². The summed E-state index contributed by atoms with van der Waals surface area (Å²) in [6, 6.07) is -1.56. The van der Waals surface area contributed by atoms with Crippen LogP contribution in [0.2, 0.25) is 0 Å². The summed E-state index contributed by atoms with van der Waals surface area (Å²) >= 11 is 0. The van der Waals surface area contributed by atoms with Crippen molar-refractivity contribution in [2.75, 3.05) is 13.7 Å². The first kappa shape index (κ1) is 10.7. The minimum absolute atomic E-state index is 0.218. The molecule has 0 aromatic heterocycles. The summed E-state index contributed by atoms with van der Waals surface area (Å²) < 4.78 is 4.74. The average Bonchev–Trinajstić information content (AvgIpc) is 1.99.